The van der Waals surface area contributed by atoms with Gasteiger partial charge in [-0.3, -0.25) is 24.6 Å². The summed E-state index contributed by atoms with van der Waals surface area (Å²) in [5.41, 5.74) is 1.07. The van der Waals surface area contributed by atoms with E-state index in [1.54, 1.807) is 35.4 Å². The molecule has 0 radical (unpaired) electrons. The van der Waals surface area contributed by atoms with Crippen molar-refractivity contribution in [3.63, 3.8) is 0 Å². The minimum absolute atomic E-state index is 0.0175. The van der Waals surface area contributed by atoms with Crippen LogP contribution in [0.3, 0.4) is 0 Å². The van der Waals surface area contributed by atoms with Crippen molar-refractivity contribution in [2.75, 3.05) is 45.9 Å². The molecule has 1 saturated heterocycles. The Morgan fingerprint density at radius 3 is 2.47 bits per heavy atom. The zero-order chi connectivity index (χ0) is 27.3. The monoisotopic (exact) mass is 525 g/mol. The molecule has 0 N–H and O–H groups in total. The number of morpholine rings is 1. The van der Waals surface area contributed by atoms with Gasteiger partial charge in [0.1, 0.15) is 18.3 Å². The number of furan rings is 1. The molecule has 11 nitrogen and oxygen atoms in total. The molecule has 38 heavy (non-hydrogen) atoms. The van der Waals surface area contributed by atoms with Crippen LogP contribution in [-0.2, 0) is 14.3 Å². The van der Waals surface area contributed by atoms with E-state index in [1.807, 2.05) is 20.8 Å². The van der Waals surface area contributed by atoms with Crippen LogP contribution in [0.15, 0.2) is 52.2 Å². The lowest BCUT2D eigenvalue weighted by molar-refractivity contribution is -0.384. The Labute approximate surface area is 222 Å². The number of hydrogen-bond donors (Lipinski definition) is 0. The molecule has 1 aromatic carbocycles. The van der Waals surface area contributed by atoms with Crippen LogP contribution in [0.2, 0.25) is 0 Å². The van der Waals surface area contributed by atoms with E-state index in [9.17, 15) is 19.7 Å². The van der Waals surface area contributed by atoms with Crippen molar-refractivity contribution in [2.45, 2.75) is 39.7 Å². The van der Waals surface area contributed by atoms with Crippen LogP contribution < -0.4 is 0 Å². The highest BCUT2D eigenvalue weighted by Crippen LogP contribution is 2.33. The predicted octanol–water partition coefficient (Wildman–Crippen LogP) is 3.46. The van der Waals surface area contributed by atoms with E-state index in [0.29, 0.717) is 56.2 Å². The average Bonchev–Trinajstić information content (AvgIpc) is 3.56. The van der Waals surface area contributed by atoms with Crippen LogP contribution in [0.4, 0.5) is 5.69 Å². The van der Waals surface area contributed by atoms with E-state index >= 15 is 0 Å². The molecule has 2 amide bonds. The average molecular weight is 526 g/mol. The molecule has 0 aliphatic carbocycles. The Morgan fingerprint density at radius 2 is 1.87 bits per heavy atom. The first kappa shape index (κ1) is 27.5. The van der Waals surface area contributed by atoms with Crippen molar-refractivity contribution in [3.05, 3.63) is 64.1 Å². The third-order valence-electron chi connectivity index (χ3n) is 6.60. The van der Waals surface area contributed by atoms with Gasteiger partial charge in [-0.25, -0.2) is 5.01 Å². The van der Waals surface area contributed by atoms with Gasteiger partial charge in [0, 0.05) is 51.2 Å². The van der Waals surface area contributed by atoms with Gasteiger partial charge in [-0.15, -0.1) is 0 Å². The molecular formula is C27H35N5O6. The molecule has 0 unspecified atom stereocenters. The highest BCUT2D eigenvalue weighted by molar-refractivity contribution is 6.03. The second kappa shape index (κ2) is 11.9. The number of hydrogen-bond acceptors (Lipinski definition) is 8. The highest BCUT2D eigenvalue weighted by atomic mass is 16.6. The number of carbonyl (C=O) groups is 2. The molecule has 1 aromatic heterocycles. The number of amides is 2. The fraction of sp³-hybridized carbons (Fsp3) is 0.519. The molecule has 4 rings (SSSR count). The van der Waals surface area contributed by atoms with E-state index in [2.05, 4.69) is 10.0 Å². The number of nitro benzene ring substituents is 1. The molecule has 204 valence electrons. The first-order chi connectivity index (χ1) is 18.1. The van der Waals surface area contributed by atoms with Gasteiger partial charge in [-0.05, 0) is 35.2 Å². The maximum absolute atomic E-state index is 13.7. The van der Waals surface area contributed by atoms with Gasteiger partial charge in [0.25, 0.3) is 11.6 Å². The van der Waals surface area contributed by atoms with Crippen molar-refractivity contribution in [2.24, 2.45) is 10.5 Å². The Bertz CT molecular complexity index is 1150. The third kappa shape index (κ3) is 7.05. The van der Waals surface area contributed by atoms with Gasteiger partial charge in [-0.1, -0.05) is 20.8 Å². The summed E-state index contributed by atoms with van der Waals surface area (Å²) in [7, 11) is 0. The molecule has 0 saturated carbocycles. The third-order valence-corrected chi connectivity index (χ3v) is 6.60. The van der Waals surface area contributed by atoms with Gasteiger partial charge >= 0.3 is 0 Å². The van der Waals surface area contributed by atoms with Crippen molar-refractivity contribution in [1.82, 2.24) is 14.8 Å². The number of non-ortho nitro benzene ring substituents is 1. The zero-order valence-corrected chi connectivity index (χ0v) is 22.2. The quantitative estimate of drug-likeness (QED) is 0.363. The van der Waals surface area contributed by atoms with Crippen molar-refractivity contribution in [1.29, 1.82) is 0 Å². The normalized spacial score (nSPS) is 18.3. The maximum Gasteiger partial charge on any atom is 0.269 e. The molecular weight excluding hydrogens is 490 g/mol. The van der Waals surface area contributed by atoms with Gasteiger partial charge in [0.2, 0.25) is 5.91 Å². The Kier molecular flexibility index (Phi) is 8.58. The van der Waals surface area contributed by atoms with Gasteiger partial charge in [-0.2, -0.15) is 5.10 Å². The van der Waals surface area contributed by atoms with Crippen LogP contribution >= 0.6 is 0 Å². The van der Waals surface area contributed by atoms with Crippen molar-refractivity contribution in [3.8, 4) is 0 Å². The maximum atomic E-state index is 13.7. The van der Waals surface area contributed by atoms with E-state index in [4.69, 9.17) is 9.15 Å². The molecule has 3 heterocycles. The molecule has 0 spiro atoms. The first-order valence-corrected chi connectivity index (χ1v) is 12.9. The fourth-order valence-electron chi connectivity index (χ4n) is 4.57. The van der Waals surface area contributed by atoms with Gasteiger partial charge in [0.15, 0.2) is 0 Å². The minimum Gasteiger partial charge on any atom is -0.467 e. The number of nitro groups is 1. The topological polar surface area (TPSA) is 122 Å². The molecule has 11 heteroatoms. The molecule has 2 aromatic rings. The number of ether oxygens (including phenoxy) is 1. The van der Waals surface area contributed by atoms with E-state index in [-0.39, 0.29) is 29.5 Å². The highest BCUT2D eigenvalue weighted by Gasteiger charge is 2.36. The summed E-state index contributed by atoms with van der Waals surface area (Å²) in [4.78, 5) is 41.4. The number of rotatable bonds is 9. The SMILES string of the molecule is CC(C)(C)CC(=O)N(CCN1CCOCC1)CC(=O)N1N=C(c2ccc([N+](=O)[O-])cc2)C[C@H]1c1ccco1. The van der Waals surface area contributed by atoms with E-state index in [1.165, 1.54) is 17.1 Å². The van der Waals surface area contributed by atoms with Gasteiger partial charge in [0.05, 0.1) is 30.1 Å². The lowest BCUT2D eigenvalue weighted by Crippen LogP contribution is -2.47. The lowest BCUT2D eigenvalue weighted by atomic mass is 9.91. The van der Waals surface area contributed by atoms with E-state index < -0.39 is 11.0 Å². The smallest absolute Gasteiger partial charge is 0.269 e. The van der Waals surface area contributed by atoms with E-state index in [0.717, 1.165) is 13.1 Å². The van der Waals surface area contributed by atoms with Crippen LogP contribution in [0.1, 0.15) is 51.0 Å². The number of benzene rings is 1. The van der Waals surface area contributed by atoms with Crippen molar-refractivity contribution < 1.29 is 23.7 Å². The molecule has 0 bridgehead atoms. The number of hydrazone groups is 1. The summed E-state index contributed by atoms with van der Waals surface area (Å²) in [6.07, 6.45) is 2.26. The van der Waals surface area contributed by atoms with Crippen LogP contribution in [0, 0.1) is 15.5 Å². The van der Waals surface area contributed by atoms with Gasteiger partial charge < -0.3 is 14.1 Å². The summed E-state index contributed by atoms with van der Waals surface area (Å²) in [5, 5.41) is 17.1. The Hall–Kier alpha value is -3.57. The summed E-state index contributed by atoms with van der Waals surface area (Å²) in [6.45, 7) is 9.90. The van der Waals surface area contributed by atoms with Crippen LogP contribution in [0.5, 0.6) is 0 Å². The Balaban J connectivity index is 1.54. The molecule has 1 fully saturated rings. The first-order valence-electron chi connectivity index (χ1n) is 12.9. The lowest BCUT2D eigenvalue weighted by Gasteiger charge is -2.32. The standard InChI is InChI=1S/C27H35N5O6/c1-27(2,3)18-25(33)30(11-10-29-12-15-37-16-13-29)19-26(34)31-23(24-5-4-14-38-24)17-22(28-31)20-6-8-21(9-7-20)32(35)36/h4-9,14,23H,10-13,15-19H2,1-3H3/t23-/m0/s1. The van der Waals surface area contributed by atoms with Crippen LogP contribution in [0.25, 0.3) is 0 Å². The largest absolute Gasteiger partial charge is 0.467 e. The molecule has 2 aliphatic heterocycles. The second-order valence-corrected chi connectivity index (χ2v) is 10.8. The predicted molar refractivity (Wildman–Crippen MR) is 140 cm³/mol. The summed E-state index contributed by atoms with van der Waals surface area (Å²) < 4.78 is 11.0. The molecule has 1 atom stereocenters. The summed E-state index contributed by atoms with van der Waals surface area (Å²) in [5.74, 6) is 0.194. The van der Waals surface area contributed by atoms with Crippen LogP contribution in [-0.4, -0.2) is 83.2 Å². The number of nitrogens with zero attached hydrogens (tertiary/aromatic N) is 5. The molecule has 2 aliphatic rings. The number of carbonyl (C=O) groups excluding carboxylic acids is 2. The Morgan fingerprint density at radius 1 is 1.16 bits per heavy atom. The fourth-order valence-corrected chi connectivity index (χ4v) is 4.57. The zero-order valence-electron chi connectivity index (χ0n) is 22.2. The summed E-state index contributed by atoms with van der Waals surface area (Å²) >= 11 is 0. The summed E-state index contributed by atoms with van der Waals surface area (Å²) in [6, 6.07) is 9.17. The second-order valence-electron chi connectivity index (χ2n) is 10.8. The van der Waals surface area contributed by atoms with Crippen molar-refractivity contribution >= 4 is 23.2 Å². The minimum atomic E-state index is -0.471.